The number of nitrogens with one attached hydrogen (secondary N) is 1. The quantitative estimate of drug-likeness (QED) is 0.831. The molecule has 3 heteroatoms. The Morgan fingerprint density at radius 3 is 2.40 bits per heavy atom. The van der Waals surface area contributed by atoms with Gasteiger partial charge in [-0.25, -0.2) is 4.98 Å². The molecule has 3 nitrogen and oxygen atoms in total. The van der Waals surface area contributed by atoms with Crippen LogP contribution in [0.2, 0.25) is 0 Å². The molecule has 0 amide bonds. The molecule has 0 fully saturated rings. The summed E-state index contributed by atoms with van der Waals surface area (Å²) >= 11 is 0. The van der Waals surface area contributed by atoms with E-state index in [1.54, 1.807) is 0 Å². The lowest BCUT2D eigenvalue weighted by Gasteiger charge is -2.20. The predicted octanol–water partition coefficient (Wildman–Crippen LogP) is 3.75. The molecule has 2 aromatic rings. The van der Waals surface area contributed by atoms with Crippen LogP contribution in [0.1, 0.15) is 50.3 Å². The summed E-state index contributed by atoms with van der Waals surface area (Å²) in [6, 6.07) is 9.33. The molecule has 0 aliphatic heterocycles. The van der Waals surface area contributed by atoms with Gasteiger partial charge in [-0.1, -0.05) is 45.0 Å². The normalized spacial score (nSPS) is 12.8. The maximum Gasteiger partial charge on any atom is 0.0946 e. The van der Waals surface area contributed by atoms with Gasteiger partial charge in [-0.05, 0) is 30.0 Å². The Kier molecular flexibility index (Phi) is 5.36. The highest BCUT2D eigenvalue weighted by atomic mass is 15.1. The highest BCUT2D eigenvalue weighted by molar-refractivity contribution is 5.26. The fourth-order valence-electron chi connectivity index (χ4n) is 2.33. The van der Waals surface area contributed by atoms with Crippen LogP contribution in [0.25, 0.3) is 0 Å². The molecule has 2 rings (SSSR count). The van der Waals surface area contributed by atoms with Crippen molar-refractivity contribution in [2.75, 3.05) is 6.54 Å². The summed E-state index contributed by atoms with van der Waals surface area (Å²) in [7, 11) is 0. The molecule has 0 bridgehead atoms. The Balaban J connectivity index is 2.12. The minimum Gasteiger partial charge on any atom is -0.336 e. The molecule has 0 saturated carbocycles. The molecule has 1 unspecified atom stereocenters. The molecular weight excluding hydrogens is 246 g/mol. The zero-order chi connectivity index (χ0) is 14.4. The van der Waals surface area contributed by atoms with Gasteiger partial charge in [0.2, 0.25) is 0 Å². The van der Waals surface area contributed by atoms with E-state index in [4.69, 9.17) is 0 Å². The van der Waals surface area contributed by atoms with Crippen molar-refractivity contribution in [3.8, 4) is 0 Å². The Hall–Kier alpha value is -1.61. The monoisotopic (exact) mass is 271 g/mol. The van der Waals surface area contributed by atoms with Gasteiger partial charge in [-0.3, -0.25) is 0 Å². The second kappa shape index (κ2) is 7.25. The molecule has 0 spiro atoms. The van der Waals surface area contributed by atoms with Crippen LogP contribution in [0.15, 0.2) is 43.0 Å². The standard InChI is InChI=1S/C17H25N3/c1-4-9-19-17(12-20-11-10-18-13-20)16-7-5-15(6-8-16)14(2)3/h5-8,10-11,13-14,17,19H,4,9,12H2,1-3H3. The lowest BCUT2D eigenvalue weighted by Crippen LogP contribution is -2.26. The van der Waals surface area contributed by atoms with Crippen LogP contribution in [0.4, 0.5) is 0 Å². The first-order valence-electron chi connectivity index (χ1n) is 7.49. The minimum atomic E-state index is 0.338. The summed E-state index contributed by atoms with van der Waals surface area (Å²) in [5, 5.41) is 3.62. The van der Waals surface area contributed by atoms with Gasteiger partial charge in [0.25, 0.3) is 0 Å². The van der Waals surface area contributed by atoms with E-state index in [2.05, 4.69) is 59.9 Å². The maximum absolute atomic E-state index is 4.12. The van der Waals surface area contributed by atoms with Crippen molar-refractivity contribution in [2.45, 2.75) is 45.7 Å². The van der Waals surface area contributed by atoms with Crippen molar-refractivity contribution in [3.63, 3.8) is 0 Å². The average molecular weight is 271 g/mol. The number of hydrogen-bond donors (Lipinski definition) is 1. The van der Waals surface area contributed by atoms with E-state index in [0.717, 1.165) is 19.5 Å². The summed E-state index contributed by atoms with van der Waals surface area (Å²) in [5.74, 6) is 0.583. The average Bonchev–Trinajstić information content (AvgIpc) is 2.96. The smallest absolute Gasteiger partial charge is 0.0946 e. The summed E-state index contributed by atoms with van der Waals surface area (Å²) in [5.41, 5.74) is 2.74. The van der Waals surface area contributed by atoms with Crippen LogP contribution in [0.5, 0.6) is 0 Å². The number of hydrogen-bond acceptors (Lipinski definition) is 2. The molecule has 20 heavy (non-hydrogen) atoms. The van der Waals surface area contributed by atoms with Crippen molar-refractivity contribution < 1.29 is 0 Å². The van der Waals surface area contributed by atoms with Gasteiger partial charge in [0, 0.05) is 18.9 Å². The van der Waals surface area contributed by atoms with Crippen LogP contribution in [-0.4, -0.2) is 16.1 Å². The van der Waals surface area contributed by atoms with Gasteiger partial charge in [-0.15, -0.1) is 0 Å². The van der Waals surface area contributed by atoms with Gasteiger partial charge in [0.05, 0.1) is 12.4 Å². The van der Waals surface area contributed by atoms with E-state index >= 15 is 0 Å². The van der Waals surface area contributed by atoms with E-state index in [1.165, 1.54) is 11.1 Å². The first-order chi connectivity index (χ1) is 9.70. The van der Waals surface area contributed by atoms with Gasteiger partial charge < -0.3 is 9.88 Å². The number of benzene rings is 1. The summed E-state index contributed by atoms with van der Waals surface area (Å²) < 4.78 is 2.13. The van der Waals surface area contributed by atoms with Crippen molar-refractivity contribution in [3.05, 3.63) is 54.1 Å². The minimum absolute atomic E-state index is 0.338. The second-order valence-electron chi connectivity index (χ2n) is 5.59. The Labute approximate surface area is 122 Å². The molecule has 0 saturated heterocycles. The van der Waals surface area contributed by atoms with E-state index in [9.17, 15) is 0 Å². The van der Waals surface area contributed by atoms with E-state index in [-0.39, 0.29) is 0 Å². The SMILES string of the molecule is CCCNC(Cn1ccnc1)c1ccc(C(C)C)cc1. The van der Waals surface area contributed by atoms with Gasteiger partial charge in [0.1, 0.15) is 0 Å². The zero-order valence-corrected chi connectivity index (χ0v) is 12.7. The van der Waals surface area contributed by atoms with Crippen molar-refractivity contribution >= 4 is 0 Å². The molecular formula is C17H25N3. The van der Waals surface area contributed by atoms with Crippen molar-refractivity contribution in [2.24, 2.45) is 0 Å². The third kappa shape index (κ3) is 3.94. The Morgan fingerprint density at radius 2 is 1.85 bits per heavy atom. The number of nitrogens with zero attached hydrogens (tertiary/aromatic N) is 2. The fourth-order valence-corrected chi connectivity index (χ4v) is 2.33. The molecule has 1 N–H and O–H groups in total. The number of rotatable bonds is 7. The molecule has 0 radical (unpaired) electrons. The molecule has 0 aliphatic rings. The molecule has 1 heterocycles. The van der Waals surface area contributed by atoms with Gasteiger partial charge in [-0.2, -0.15) is 0 Å². The highest BCUT2D eigenvalue weighted by Crippen LogP contribution is 2.20. The van der Waals surface area contributed by atoms with Crippen molar-refractivity contribution in [1.29, 1.82) is 0 Å². The zero-order valence-electron chi connectivity index (χ0n) is 12.7. The molecule has 1 aromatic carbocycles. The van der Waals surface area contributed by atoms with E-state index in [0.29, 0.717) is 12.0 Å². The van der Waals surface area contributed by atoms with Crippen LogP contribution in [0.3, 0.4) is 0 Å². The van der Waals surface area contributed by atoms with Gasteiger partial charge in [0.15, 0.2) is 0 Å². The van der Waals surface area contributed by atoms with Crippen LogP contribution < -0.4 is 5.32 Å². The van der Waals surface area contributed by atoms with Gasteiger partial charge >= 0.3 is 0 Å². The van der Waals surface area contributed by atoms with E-state index in [1.807, 2.05) is 18.7 Å². The third-order valence-corrected chi connectivity index (χ3v) is 3.60. The lowest BCUT2D eigenvalue weighted by molar-refractivity contribution is 0.463. The van der Waals surface area contributed by atoms with Crippen molar-refractivity contribution in [1.82, 2.24) is 14.9 Å². The lowest BCUT2D eigenvalue weighted by atomic mass is 9.99. The largest absolute Gasteiger partial charge is 0.336 e. The van der Waals surface area contributed by atoms with Crippen LogP contribution in [-0.2, 0) is 6.54 Å². The third-order valence-electron chi connectivity index (χ3n) is 3.60. The number of imidazole rings is 1. The molecule has 1 aromatic heterocycles. The Bertz CT molecular complexity index is 485. The predicted molar refractivity (Wildman–Crippen MR) is 83.8 cm³/mol. The summed E-state index contributed by atoms with van der Waals surface area (Å²) in [4.78, 5) is 4.12. The first kappa shape index (κ1) is 14.8. The molecule has 1 atom stereocenters. The fraction of sp³-hybridized carbons (Fsp3) is 0.471. The van der Waals surface area contributed by atoms with Crippen LogP contribution in [0, 0.1) is 0 Å². The van der Waals surface area contributed by atoms with Crippen LogP contribution >= 0.6 is 0 Å². The summed E-state index contributed by atoms with van der Waals surface area (Å²) in [6.45, 7) is 8.61. The molecule has 108 valence electrons. The topological polar surface area (TPSA) is 29.9 Å². The highest BCUT2D eigenvalue weighted by Gasteiger charge is 2.11. The number of aromatic nitrogens is 2. The second-order valence-corrected chi connectivity index (χ2v) is 5.59. The Morgan fingerprint density at radius 1 is 1.15 bits per heavy atom. The first-order valence-corrected chi connectivity index (χ1v) is 7.49. The maximum atomic E-state index is 4.12. The molecule has 0 aliphatic carbocycles. The van der Waals surface area contributed by atoms with E-state index < -0.39 is 0 Å². The summed E-state index contributed by atoms with van der Waals surface area (Å²) in [6.07, 6.45) is 6.87.